The van der Waals surface area contributed by atoms with E-state index in [1.165, 1.54) is 57.8 Å². The van der Waals surface area contributed by atoms with Gasteiger partial charge in [-0.1, -0.05) is 19.3 Å². The molecule has 19 heavy (non-hydrogen) atoms. The van der Waals surface area contributed by atoms with E-state index in [9.17, 15) is 0 Å². The van der Waals surface area contributed by atoms with Crippen LogP contribution in [0.15, 0.2) is 0 Å². The molecule has 0 heterocycles. The molecule has 0 radical (unpaired) electrons. The van der Waals surface area contributed by atoms with E-state index in [1.807, 2.05) is 0 Å². The van der Waals surface area contributed by atoms with Crippen LogP contribution in [0.3, 0.4) is 0 Å². The smallest absolute Gasteiger partial charge is 0.0694 e. The Morgan fingerprint density at radius 1 is 1.05 bits per heavy atom. The van der Waals surface area contributed by atoms with Gasteiger partial charge in [-0.3, -0.25) is 0 Å². The van der Waals surface area contributed by atoms with E-state index >= 15 is 0 Å². The Bertz CT molecular complexity index is 259. The van der Waals surface area contributed by atoms with Crippen LogP contribution in [0.5, 0.6) is 0 Å². The van der Waals surface area contributed by atoms with Gasteiger partial charge in [-0.15, -0.1) is 0 Å². The molecular formula is C17H33NO. The second-order valence-corrected chi connectivity index (χ2v) is 7.78. The quantitative estimate of drug-likeness (QED) is 0.775. The molecule has 0 aliphatic heterocycles. The molecule has 0 saturated heterocycles. The first-order valence-electron chi connectivity index (χ1n) is 8.38. The van der Waals surface area contributed by atoms with Crippen LogP contribution in [0, 0.1) is 5.92 Å². The van der Waals surface area contributed by atoms with Crippen molar-refractivity contribution in [3.8, 4) is 0 Å². The summed E-state index contributed by atoms with van der Waals surface area (Å²) in [6.07, 6.45) is 12.2. The maximum atomic E-state index is 6.38. The maximum absolute atomic E-state index is 6.38. The van der Waals surface area contributed by atoms with Crippen molar-refractivity contribution in [3.05, 3.63) is 0 Å². The van der Waals surface area contributed by atoms with Crippen molar-refractivity contribution in [2.75, 3.05) is 13.2 Å². The Morgan fingerprint density at radius 3 is 2.26 bits per heavy atom. The molecule has 2 rings (SSSR count). The van der Waals surface area contributed by atoms with E-state index in [0.29, 0.717) is 0 Å². The average molecular weight is 267 g/mol. The minimum absolute atomic E-state index is 0.230. The number of hydrogen-bond acceptors (Lipinski definition) is 2. The lowest BCUT2D eigenvalue weighted by atomic mass is 9.77. The second kappa shape index (κ2) is 6.58. The van der Waals surface area contributed by atoms with Crippen LogP contribution >= 0.6 is 0 Å². The van der Waals surface area contributed by atoms with Crippen molar-refractivity contribution in [3.63, 3.8) is 0 Å². The number of nitrogens with one attached hydrogen (secondary N) is 1. The first-order chi connectivity index (χ1) is 8.99. The third-order valence-electron chi connectivity index (χ3n) is 4.85. The summed E-state index contributed by atoms with van der Waals surface area (Å²) in [6.45, 7) is 8.83. The van der Waals surface area contributed by atoms with Crippen LogP contribution < -0.4 is 5.32 Å². The molecule has 2 aliphatic carbocycles. The van der Waals surface area contributed by atoms with Gasteiger partial charge < -0.3 is 10.1 Å². The third-order valence-corrected chi connectivity index (χ3v) is 4.85. The van der Waals surface area contributed by atoms with Crippen LogP contribution in [-0.4, -0.2) is 24.3 Å². The molecule has 0 aromatic heterocycles. The molecule has 0 spiro atoms. The Morgan fingerprint density at radius 2 is 1.74 bits per heavy atom. The first kappa shape index (κ1) is 15.3. The van der Waals surface area contributed by atoms with Crippen molar-refractivity contribution in [1.29, 1.82) is 0 Å². The van der Waals surface area contributed by atoms with Gasteiger partial charge in [0.05, 0.1) is 12.2 Å². The minimum atomic E-state index is 0.230. The largest absolute Gasteiger partial charge is 0.375 e. The lowest BCUT2D eigenvalue weighted by Crippen LogP contribution is -2.46. The Balaban J connectivity index is 1.68. The molecule has 2 nitrogen and oxygen atoms in total. The van der Waals surface area contributed by atoms with Gasteiger partial charge in [0, 0.05) is 5.54 Å². The molecule has 0 aromatic carbocycles. The summed E-state index contributed by atoms with van der Waals surface area (Å²) in [5, 5.41) is 3.60. The van der Waals surface area contributed by atoms with Gasteiger partial charge in [-0.25, -0.2) is 0 Å². The monoisotopic (exact) mass is 267 g/mol. The van der Waals surface area contributed by atoms with Crippen molar-refractivity contribution in [2.24, 2.45) is 5.92 Å². The topological polar surface area (TPSA) is 21.3 Å². The van der Waals surface area contributed by atoms with Gasteiger partial charge in [0.15, 0.2) is 0 Å². The first-order valence-corrected chi connectivity index (χ1v) is 8.38. The highest BCUT2D eigenvalue weighted by Crippen LogP contribution is 2.39. The Kier molecular flexibility index (Phi) is 5.30. The molecule has 112 valence electrons. The normalized spacial score (nSPS) is 24.2. The fourth-order valence-corrected chi connectivity index (χ4v) is 3.35. The summed E-state index contributed by atoms with van der Waals surface area (Å²) in [5.74, 6) is 0.849. The Hall–Kier alpha value is -0.0800. The van der Waals surface area contributed by atoms with Gasteiger partial charge in [-0.05, 0) is 71.8 Å². The molecule has 2 fully saturated rings. The lowest BCUT2D eigenvalue weighted by Gasteiger charge is -2.43. The van der Waals surface area contributed by atoms with Crippen LogP contribution in [0.1, 0.15) is 78.6 Å². The predicted molar refractivity (Wildman–Crippen MR) is 81.5 cm³/mol. The SMILES string of the molecule is CC(C)(C)NCCC1(OCC2CCCCC2)CCC1. The van der Waals surface area contributed by atoms with Gasteiger partial charge >= 0.3 is 0 Å². The van der Waals surface area contributed by atoms with Crippen LogP contribution in [0.4, 0.5) is 0 Å². The van der Waals surface area contributed by atoms with Crippen molar-refractivity contribution < 1.29 is 4.74 Å². The summed E-state index contributed by atoms with van der Waals surface area (Å²) < 4.78 is 6.38. The summed E-state index contributed by atoms with van der Waals surface area (Å²) in [5.41, 5.74) is 0.462. The second-order valence-electron chi connectivity index (χ2n) is 7.78. The molecular weight excluding hydrogens is 234 g/mol. The zero-order chi connectivity index (χ0) is 13.8. The van der Waals surface area contributed by atoms with Gasteiger partial charge in [0.1, 0.15) is 0 Å². The summed E-state index contributed by atoms with van der Waals surface area (Å²) in [6, 6.07) is 0. The Labute approximate surface area is 119 Å². The lowest BCUT2D eigenvalue weighted by molar-refractivity contribution is -0.118. The van der Waals surface area contributed by atoms with Crippen LogP contribution in [0.25, 0.3) is 0 Å². The third kappa shape index (κ3) is 5.07. The van der Waals surface area contributed by atoms with E-state index in [4.69, 9.17) is 4.74 Å². The zero-order valence-corrected chi connectivity index (χ0v) is 13.3. The number of hydrogen-bond donors (Lipinski definition) is 1. The van der Waals surface area contributed by atoms with Crippen molar-refractivity contribution in [2.45, 2.75) is 89.7 Å². The van der Waals surface area contributed by atoms with Crippen LogP contribution in [0.2, 0.25) is 0 Å². The minimum Gasteiger partial charge on any atom is -0.375 e. The van der Waals surface area contributed by atoms with Crippen LogP contribution in [-0.2, 0) is 4.74 Å². The van der Waals surface area contributed by atoms with E-state index in [1.54, 1.807) is 0 Å². The highest BCUT2D eigenvalue weighted by atomic mass is 16.5. The predicted octanol–water partition coefficient (Wildman–Crippen LogP) is 4.28. The number of rotatable bonds is 6. The molecule has 2 aliphatic rings. The molecule has 0 aromatic rings. The highest BCUT2D eigenvalue weighted by molar-refractivity contribution is 4.91. The fourth-order valence-electron chi connectivity index (χ4n) is 3.35. The molecule has 2 saturated carbocycles. The molecule has 1 N–H and O–H groups in total. The van der Waals surface area contributed by atoms with Crippen molar-refractivity contribution in [1.82, 2.24) is 5.32 Å². The molecule has 0 unspecified atom stereocenters. The van der Waals surface area contributed by atoms with Gasteiger partial charge in [0.25, 0.3) is 0 Å². The van der Waals surface area contributed by atoms with Gasteiger partial charge in [0.2, 0.25) is 0 Å². The highest BCUT2D eigenvalue weighted by Gasteiger charge is 2.38. The standard InChI is InChI=1S/C17H33NO/c1-16(2,3)18-13-12-17(10-7-11-17)19-14-15-8-5-4-6-9-15/h15,18H,4-14H2,1-3H3. The molecule has 0 bridgehead atoms. The summed E-state index contributed by atoms with van der Waals surface area (Å²) in [4.78, 5) is 0. The maximum Gasteiger partial charge on any atom is 0.0694 e. The van der Waals surface area contributed by atoms with E-state index in [-0.39, 0.29) is 11.1 Å². The van der Waals surface area contributed by atoms with Gasteiger partial charge in [-0.2, -0.15) is 0 Å². The summed E-state index contributed by atoms with van der Waals surface area (Å²) in [7, 11) is 0. The van der Waals surface area contributed by atoms with E-state index in [2.05, 4.69) is 26.1 Å². The summed E-state index contributed by atoms with van der Waals surface area (Å²) >= 11 is 0. The number of ether oxygens (including phenoxy) is 1. The molecule has 2 heteroatoms. The average Bonchev–Trinajstić information content (AvgIpc) is 2.31. The van der Waals surface area contributed by atoms with Crippen molar-refractivity contribution >= 4 is 0 Å². The van der Waals surface area contributed by atoms with E-state index in [0.717, 1.165) is 19.1 Å². The molecule has 0 atom stereocenters. The molecule has 0 amide bonds. The fraction of sp³-hybridized carbons (Fsp3) is 1.00. The zero-order valence-electron chi connectivity index (χ0n) is 13.3. The van der Waals surface area contributed by atoms with E-state index < -0.39 is 0 Å².